The fourth-order valence-electron chi connectivity index (χ4n) is 8.28. The first-order valence-corrected chi connectivity index (χ1v) is 21.5. The summed E-state index contributed by atoms with van der Waals surface area (Å²) in [7, 11) is -1.98. The lowest BCUT2D eigenvalue weighted by Gasteiger charge is -2.28. The highest BCUT2D eigenvalue weighted by molar-refractivity contribution is 7.26. The second kappa shape index (κ2) is 11.7. The molecule has 0 fully saturated rings. The van der Waals surface area contributed by atoms with Crippen LogP contribution in [0.3, 0.4) is 0 Å². The van der Waals surface area contributed by atoms with Gasteiger partial charge < -0.3 is 4.90 Å². The van der Waals surface area contributed by atoms with Gasteiger partial charge in [-0.2, -0.15) is 0 Å². The van der Waals surface area contributed by atoms with Crippen LogP contribution in [0, 0.1) is 0 Å². The Bertz CT molecular complexity index is 2750. The zero-order valence-electron chi connectivity index (χ0n) is 28.6. The van der Waals surface area contributed by atoms with Gasteiger partial charge >= 0.3 is 0 Å². The molecule has 0 N–H and O–H groups in total. The monoisotopic (exact) mass is 685 g/mol. The van der Waals surface area contributed by atoms with E-state index in [0.29, 0.717) is 0 Å². The predicted molar refractivity (Wildman–Crippen MR) is 225 cm³/mol. The number of hydrogen-bond acceptors (Lipinski definition) is 2. The van der Waals surface area contributed by atoms with Crippen molar-refractivity contribution in [2.45, 2.75) is 13.1 Å². The van der Waals surface area contributed by atoms with E-state index in [1.807, 2.05) is 11.3 Å². The van der Waals surface area contributed by atoms with E-state index in [1.54, 1.807) is 5.19 Å². The highest BCUT2D eigenvalue weighted by atomic mass is 32.1. The third kappa shape index (κ3) is 4.80. The number of anilines is 3. The van der Waals surface area contributed by atoms with Crippen LogP contribution in [0.15, 0.2) is 176 Å². The second-order valence-electron chi connectivity index (χ2n) is 14.1. The van der Waals surface area contributed by atoms with Gasteiger partial charge in [0.15, 0.2) is 0 Å². The lowest BCUT2D eigenvalue weighted by molar-refractivity contribution is 1.29. The molecule has 0 amide bonds. The molecule has 10 rings (SSSR count). The average molecular weight is 686 g/mol. The minimum absolute atomic E-state index is 1.15. The van der Waals surface area contributed by atoms with Gasteiger partial charge in [-0.25, -0.2) is 0 Å². The molecule has 3 heteroatoms. The Kier molecular flexibility index (Phi) is 6.89. The van der Waals surface area contributed by atoms with E-state index in [0.717, 1.165) is 11.4 Å². The molecular weight excluding hydrogens is 651 g/mol. The molecule has 1 aromatic heterocycles. The summed E-state index contributed by atoms with van der Waals surface area (Å²) < 4.78 is 2.79. The first kappa shape index (κ1) is 30.1. The van der Waals surface area contributed by atoms with Gasteiger partial charge in [0.1, 0.15) is 8.07 Å². The average Bonchev–Trinajstić information content (AvgIpc) is 3.67. The van der Waals surface area contributed by atoms with Gasteiger partial charge in [0.2, 0.25) is 0 Å². The standard InChI is InChI=1S/C48H35NSSi/c1-51(2)45-30-29-42-41-16-8-9-18-44(41)50-48(42)47(45)43-28-27-38(31-46(43)51)49(36-23-19-33(20-24-36)32-11-4-3-5-12-32)37-25-21-35(22-26-37)40-17-10-14-34-13-6-7-15-39(34)40/h3-31H,1-2H3. The molecule has 1 nitrogen and oxygen atoms in total. The molecule has 242 valence electrons. The second-order valence-corrected chi connectivity index (χ2v) is 19.5. The van der Waals surface area contributed by atoms with Crippen LogP contribution in [0.4, 0.5) is 17.1 Å². The molecule has 0 saturated heterocycles. The van der Waals surface area contributed by atoms with Gasteiger partial charge in [-0.15, -0.1) is 11.3 Å². The van der Waals surface area contributed by atoms with Crippen molar-refractivity contribution in [1.29, 1.82) is 0 Å². The summed E-state index contributed by atoms with van der Waals surface area (Å²) in [5.41, 5.74) is 11.3. The molecule has 0 bridgehead atoms. The fraction of sp³-hybridized carbons (Fsp3) is 0.0417. The maximum absolute atomic E-state index is 2.53. The Balaban J connectivity index is 1.12. The summed E-state index contributed by atoms with van der Waals surface area (Å²) >= 11 is 1.95. The lowest BCUT2D eigenvalue weighted by Crippen LogP contribution is -2.49. The lowest BCUT2D eigenvalue weighted by atomic mass is 9.98. The highest BCUT2D eigenvalue weighted by Crippen LogP contribution is 2.44. The van der Waals surface area contributed by atoms with Crippen LogP contribution in [0.25, 0.3) is 64.3 Å². The van der Waals surface area contributed by atoms with E-state index in [1.165, 1.54) is 75.2 Å². The topological polar surface area (TPSA) is 3.24 Å². The maximum Gasteiger partial charge on any atom is 0.114 e. The number of hydrogen-bond donors (Lipinski definition) is 0. The van der Waals surface area contributed by atoms with Crippen molar-refractivity contribution in [3.63, 3.8) is 0 Å². The zero-order chi connectivity index (χ0) is 34.1. The Labute approximate surface area is 303 Å². The maximum atomic E-state index is 2.53. The van der Waals surface area contributed by atoms with Crippen molar-refractivity contribution in [2.24, 2.45) is 0 Å². The van der Waals surface area contributed by atoms with Crippen molar-refractivity contribution in [3.8, 4) is 33.4 Å². The van der Waals surface area contributed by atoms with Crippen LogP contribution < -0.4 is 15.3 Å². The summed E-state index contributed by atoms with van der Waals surface area (Å²) in [6.45, 7) is 5.05. The quantitative estimate of drug-likeness (QED) is 0.163. The molecule has 1 aliphatic rings. The van der Waals surface area contributed by atoms with Crippen LogP contribution in [0.2, 0.25) is 13.1 Å². The molecule has 51 heavy (non-hydrogen) atoms. The number of benzene rings is 8. The van der Waals surface area contributed by atoms with E-state index in [9.17, 15) is 0 Å². The van der Waals surface area contributed by atoms with E-state index in [2.05, 4.69) is 194 Å². The van der Waals surface area contributed by atoms with E-state index in [-0.39, 0.29) is 0 Å². The molecule has 0 unspecified atom stereocenters. The van der Waals surface area contributed by atoms with Gasteiger partial charge in [0.25, 0.3) is 0 Å². The molecule has 2 heterocycles. The summed E-state index contributed by atoms with van der Waals surface area (Å²) in [4.78, 5) is 2.43. The molecule has 1 aliphatic heterocycles. The number of rotatable bonds is 5. The third-order valence-electron chi connectivity index (χ3n) is 10.9. The number of nitrogens with zero attached hydrogens (tertiary/aromatic N) is 1. The number of thiophene rings is 1. The van der Waals surface area contributed by atoms with Crippen LogP contribution in [-0.4, -0.2) is 8.07 Å². The Hall–Kier alpha value is -5.74. The van der Waals surface area contributed by atoms with Crippen molar-refractivity contribution in [2.75, 3.05) is 4.90 Å². The van der Waals surface area contributed by atoms with Crippen molar-refractivity contribution >= 4 is 77.8 Å². The van der Waals surface area contributed by atoms with Gasteiger partial charge in [-0.3, -0.25) is 0 Å². The Morgan fingerprint density at radius 3 is 1.84 bits per heavy atom. The first-order chi connectivity index (χ1) is 25.0. The SMILES string of the molecule is C[Si]1(C)c2cc(N(c3ccc(-c4ccccc4)cc3)c3ccc(-c4cccc5ccccc45)cc3)ccc2-c2c1ccc1c2sc2ccccc21. The van der Waals surface area contributed by atoms with Crippen molar-refractivity contribution < 1.29 is 0 Å². The van der Waals surface area contributed by atoms with Crippen molar-refractivity contribution in [3.05, 3.63) is 176 Å². The third-order valence-corrected chi connectivity index (χ3v) is 15.6. The highest BCUT2D eigenvalue weighted by Gasteiger charge is 2.39. The summed E-state index contributed by atoms with van der Waals surface area (Å²) in [5, 5.41) is 8.34. The smallest absolute Gasteiger partial charge is 0.114 e. The van der Waals surface area contributed by atoms with Gasteiger partial charge in [-0.05, 0) is 97.0 Å². The minimum atomic E-state index is -1.98. The molecule has 0 atom stereocenters. The summed E-state index contributed by atoms with van der Waals surface area (Å²) in [5.74, 6) is 0. The molecule has 0 saturated carbocycles. The predicted octanol–water partition coefficient (Wildman–Crippen LogP) is 12.8. The molecule has 8 aromatic carbocycles. The van der Waals surface area contributed by atoms with E-state index >= 15 is 0 Å². The fourth-order valence-corrected chi connectivity index (χ4v) is 12.7. The van der Waals surface area contributed by atoms with Gasteiger partial charge in [0, 0.05) is 37.2 Å². The van der Waals surface area contributed by atoms with E-state index < -0.39 is 8.07 Å². The molecule has 0 spiro atoms. The van der Waals surface area contributed by atoms with Crippen LogP contribution in [-0.2, 0) is 0 Å². The molecular formula is C48H35NSSi. The minimum Gasteiger partial charge on any atom is -0.311 e. The van der Waals surface area contributed by atoms with Gasteiger partial charge in [0.05, 0.1) is 0 Å². The largest absolute Gasteiger partial charge is 0.311 e. The van der Waals surface area contributed by atoms with Crippen LogP contribution >= 0.6 is 11.3 Å². The number of fused-ring (bicyclic) bond motifs is 8. The molecule has 9 aromatic rings. The van der Waals surface area contributed by atoms with Crippen LogP contribution in [0.1, 0.15) is 0 Å². The zero-order valence-corrected chi connectivity index (χ0v) is 30.4. The summed E-state index contributed by atoms with van der Waals surface area (Å²) in [6, 6.07) is 65.0. The normalized spacial score (nSPS) is 13.1. The molecule has 0 aliphatic carbocycles. The van der Waals surface area contributed by atoms with Crippen molar-refractivity contribution in [1.82, 2.24) is 0 Å². The Morgan fingerprint density at radius 2 is 1.06 bits per heavy atom. The Morgan fingerprint density at radius 1 is 0.431 bits per heavy atom. The van der Waals surface area contributed by atoms with Crippen LogP contribution in [0.5, 0.6) is 0 Å². The molecule has 0 radical (unpaired) electrons. The van der Waals surface area contributed by atoms with Gasteiger partial charge in [-0.1, -0.05) is 147 Å². The summed E-state index contributed by atoms with van der Waals surface area (Å²) in [6.07, 6.45) is 0. The van der Waals surface area contributed by atoms with E-state index in [4.69, 9.17) is 0 Å². The first-order valence-electron chi connectivity index (χ1n) is 17.7.